The molecule has 1 nitrogen and oxygen atoms in total. The van der Waals surface area contributed by atoms with E-state index in [1.807, 2.05) is 0 Å². The molecular weight excluding hydrogens is 254 g/mol. The molecule has 0 aliphatic heterocycles. The van der Waals surface area contributed by atoms with Gasteiger partial charge in [-0.1, -0.05) is 64.1 Å². The third kappa shape index (κ3) is 3.29. The molecule has 0 amide bonds. The summed E-state index contributed by atoms with van der Waals surface area (Å²) in [5.41, 5.74) is 8.26. The second kappa shape index (κ2) is 7.31. The quantitative estimate of drug-likeness (QED) is 0.718. The van der Waals surface area contributed by atoms with E-state index in [1.54, 1.807) is 0 Å². The summed E-state index contributed by atoms with van der Waals surface area (Å²) in [4.78, 5) is 0. The number of aryl methyl sites for hydroxylation is 4. The van der Waals surface area contributed by atoms with Gasteiger partial charge in [0.1, 0.15) is 0 Å². The molecule has 0 unspecified atom stereocenters. The zero-order chi connectivity index (χ0) is 15.2. The van der Waals surface area contributed by atoms with Gasteiger partial charge in [0.05, 0.1) is 0 Å². The Morgan fingerprint density at radius 3 is 1.10 bits per heavy atom. The Kier molecular flexibility index (Phi) is 5.44. The van der Waals surface area contributed by atoms with Crippen LogP contribution in [-0.4, -0.2) is 0 Å². The molecule has 21 heavy (non-hydrogen) atoms. The van der Waals surface area contributed by atoms with E-state index in [4.69, 9.17) is 0 Å². The fraction of sp³-hybridized carbons (Fsp3) is 0.400. The van der Waals surface area contributed by atoms with E-state index in [0.29, 0.717) is 0 Å². The predicted molar refractivity (Wildman–Crippen MR) is 93.7 cm³/mol. The van der Waals surface area contributed by atoms with Gasteiger partial charge in [-0.25, -0.2) is 0 Å². The molecular formula is C20H27N. The highest BCUT2D eigenvalue weighted by molar-refractivity contribution is 5.72. The molecule has 2 rings (SSSR count). The molecule has 0 fully saturated rings. The molecule has 0 aliphatic carbocycles. The van der Waals surface area contributed by atoms with Crippen molar-refractivity contribution in [3.05, 3.63) is 58.7 Å². The van der Waals surface area contributed by atoms with Crippen LogP contribution in [0.4, 0.5) is 11.4 Å². The average Bonchev–Trinajstić information content (AvgIpc) is 2.55. The Balaban J connectivity index is 2.52. The van der Waals surface area contributed by atoms with Gasteiger partial charge >= 0.3 is 0 Å². The van der Waals surface area contributed by atoms with Gasteiger partial charge < -0.3 is 5.32 Å². The summed E-state index contributed by atoms with van der Waals surface area (Å²) in [7, 11) is 0. The van der Waals surface area contributed by atoms with Crippen LogP contribution in [0.1, 0.15) is 49.9 Å². The van der Waals surface area contributed by atoms with Crippen molar-refractivity contribution in [2.24, 2.45) is 0 Å². The molecule has 0 bridgehead atoms. The molecule has 0 saturated carbocycles. The van der Waals surface area contributed by atoms with E-state index in [1.165, 1.54) is 33.6 Å². The van der Waals surface area contributed by atoms with E-state index < -0.39 is 0 Å². The van der Waals surface area contributed by atoms with Crippen LogP contribution in [0.3, 0.4) is 0 Å². The van der Waals surface area contributed by atoms with Crippen molar-refractivity contribution in [1.82, 2.24) is 0 Å². The van der Waals surface area contributed by atoms with Crippen molar-refractivity contribution in [2.75, 3.05) is 5.32 Å². The summed E-state index contributed by atoms with van der Waals surface area (Å²) in [6.45, 7) is 8.91. The smallest absolute Gasteiger partial charge is 0.0449 e. The van der Waals surface area contributed by atoms with E-state index in [-0.39, 0.29) is 0 Å². The lowest BCUT2D eigenvalue weighted by Gasteiger charge is -2.20. The van der Waals surface area contributed by atoms with Gasteiger partial charge in [0.15, 0.2) is 0 Å². The number of anilines is 2. The first-order valence-electron chi connectivity index (χ1n) is 8.23. The lowest BCUT2D eigenvalue weighted by atomic mass is 9.99. The fourth-order valence-electron chi connectivity index (χ4n) is 2.93. The van der Waals surface area contributed by atoms with Crippen LogP contribution in [0, 0.1) is 0 Å². The minimum absolute atomic E-state index is 1.06. The SMILES string of the molecule is CCc1cccc(CC)c1Nc1c(CC)cccc1CC. The van der Waals surface area contributed by atoms with E-state index >= 15 is 0 Å². The lowest BCUT2D eigenvalue weighted by molar-refractivity contribution is 1.07. The zero-order valence-electron chi connectivity index (χ0n) is 13.8. The third-order valence-electron chi connectivity index (χ3n) is 4.25. The van der Waals surface area contributed by atoms with E-state index in [0.717, 1.165) is 25.7 Å². The minimum Gasteiger partial charge on any atom is -0.355 e. The van der Waals surface area contributed by atoms with Crippen LogP contribution >= 0.6 is 0 Å². The minimum atomic E-state index is 1.06. The van der Waals surface area contributed by atoms with Gasteiger partial charge in [0.2, 0.25) is 0 Å². The van der Waals surface area contributed by atoms with Gasteiger partial charge in [-0.05, 0) is 47.9 Å². The van der Waals surface area contributed by atoms with Crippen molar-refractivity contribution in [2.45, 2.75) is 53.4 Å². The van der Waals surface area contributed by atoms with Crippen LogP contribution in [0.15, 0.2) is 36.4 Å². The van der Waals surface area contributed by atoms with Crippen molar-refractivity contribution >= 4 is 11.4 Å². The number of benzene rings is 2. The molecule has 1 heteroatoms. The van der Waals surface area contributed by atoms with Crippen molar-refractivity contribution in [3.8, 4) is 0 Å². The first-order chi connectivity index (χ1) is 10.2. The predicted octanol–water partition coefficient (Wildman–Crippen LogP) is 5.68. The molecule has 1 N–H and O–H groups in total. The van der Waals surface area contributed by atoms with Gasteiger partial charge in [-0.3, -0.25) is 0 Å². The second-order valence-corrected chi connectivity index (χ2v) is 5.44. The van der Waals surface area contributed by atoms with Crippen LogP contribution in [0.25, 0.3) is 0 Å². The van der Waals surface area contributed by atoms with Crippen LogP contribution in [0.2, 0.25) is 0 Å². The standard InChI is InChI=1S/C20H27N/c1-5-15-11-9-12-16(6-2)19(15)21-20-17(7-3)13-10-14-18(20)8-4/h9-14,21H,5-8H2,1-4H3. The van der Waals surface area contributed by atoms with Crippen LogP contribution in [0.5, 0.6) is 0 Å². The topological polar surface area (TPSA) is 12.0 Å². The summed E-state index contributed by atoms with van der Waals surface area (Å²) >= 11 is 0. The number of rotatable bonds is 6. The largest absolute Gasteiger partial charge is 0.355 e. The highest BCUT2D eigenvalue weighted by Gasteiger charge is 2.11. The van der Waals surface area contributed by atoms with Gasteiger partial charge in [0.25, 0.3) is 0 Å². The Morgan fingerprint density at radius 1 is 0.571 bits per heavy atom. The molecule has 112 valence electrons. The molecule has 0 atom stereocenters. The maximum absolute atomic E-state index is 3.78. The molecule has 0 radical (unpaired) electrons. The van der Waals surface area contributed by atoms with Gasteiger partial charge in [-0.2, -0.15) is 0 Å². The maximum atomic E-state index is 3.78. The number of para-hydroxylation sites is 2. The Hall–Kier alpha value is -1.76. The Morgan fingerprint density at radius 2 is 0.857 bits per heavy atom. The van der Waals surface area contributed by atoms with Crippen molar-refractivity contribution in [3.63, 3.8) is 0 Å². The summed E-state index contributed by atoms with van der Waals surface area (Å²) in [5, 5.41) is 3.78. The molecule has 0 aromatic heterocycles. The highest BCUT2D eigenvalue weighted by Crippen LogP contribution is 2.31. The van der Waals surface area contributed by atoms with Crippen LogP contribution in [-0.2, 0) is 25.7 Å². The molecule has 2 aromatic carbocycles. The average molecular weight is 281 g/mol. The number of nitrogens with one attached hydrogen (secondary N) is 1. The summed E-state index contributed by atoms with van der Waals surface area (Å²) < 4.78 is 0. The monoisotopic (exact) mass is 281 g/mol. The summed E-state index contributed by atoms with van der Waals surface area (Å²) in [6, 6.07) is 13.3. The second-order valence-electron chi connectivity index (χ2n) is 5.44. The maximum Gasteiger partial charge on any atom is 0.0449 e. The highest BCUT2D eigenvalue weighted by atomic mass is 14.9. The first-order valence-corrected chi connectivity index (χ1v) is 8.23. The van der Waals surface area contributed by atoms with E-state index in [2.05, 4.69) is 69.4 Å². The molecule has 0 aliphatic rings. The molecule has 0 saturated heterocycles. The Bertz CT molecular complexity index is 501. The molecule has 2 aromatic rings. The lowest BCUT2D eigenvalue weighted by Crippen LogP contribution is -2.04. The van der Waals surface area contributed by atoms with E-state index in [9.17, 15) is 0 Å². The zero-order valence-corrected chi connectivity index (χ0v) is 13.8. The summed E-state index contributed by atoms with van der Waals surface area (Å²) in [6.07, 6.45) is 4.25. The van der Waals surface area contributed by atoms with Gasteiger partial charge in [0, 0.05) is 11.4 Å². The van der Waals surface area contributed by atoms with Crippen LogP contribution < -0.4 is 5.32 Å². The normalized spacial score (nSPS) is 10.7. The Labute approximate surface area is 129 Å². The van der Waals surface area contributed by atoms with Crippen molar-refractivity contribution < 1.29 is 0 Å². The first kappa shape index (κ1) is 15.6. The van der Waals surface area contributed by atoms with Gasteiger partial charge in [-0.15, -0.1) is 0 Å². The number of hydrogen-bond donors (Lipinski definition) is 1. The molecule has 0 heterocycles. The van der Waals surface area contributed by atoms with Crippen molar-refractivity contribution in [1.29, 1.82) is 0 Å². The molecule has 0 spiro atoms. The third-order valence-corrected chi connectivity index (χ3v) is 4.25. The fourth-order valence-corrected chi connectivity index (χ4v) is 2.93. The number of hydrogen-bond acceptors (Lipinski definition) is 1. The summed E-state index contributed by atoms with van der Waals surface area (Å²) in [5.74, 6) is 0.